The normalized spacial score (nSPS) is 10.6. The maximum Gasteiger partial charge on any atom is 0.220 e. The Labute approximate surface area is 135 Å². The van der Waals surface area contributed by atoms with Crippen molar-refractivity contribution < 1.29 is 4.79 Å². The number of unbranched alkanes of at least 4 members (excludes halogenated alkanes) is 8. The number of nitrogens with one attached hydrogen (secondary N) is 1. The van der Waals surface area contributed by atoms with Crippen LogP contribution in [0.3, 0.4) is 0 Å². The Kier molecular flexibility index (Phi) is 11.3. The molecule has 1 amide bonds. The van der Waals surface area contributed by atoms with E-state index >= 15 is 0 Å². The van der Waals surface area contributed by atoms with E-state index in [9.17, 15) is 4.79 Å². The molecular weight excluding hydrogens is 272 g/mol. The van der Waals surface area contributed by atoms with Crippen LogP contribution >= 0.6 is 0 Å². The van der Waals surface area contributed by atoms with Gasteiger partial charge in [-0.1, -0.05) is 58.3 Å². The van der Waals surface area contributed by atoms with E-state index in [1.807, 2.05) is 12.1 Å². The number of nitrogens with zero attached hydrogens (tertiary/aromatic N) is 1. The Bertz CT molecular complexity index is 378. The quantitative estimate of drug-likeness (QED) is 0.538. The fourth-order valence-electron chi connectivity index (χ4n) is 2.58. The monoisotopic (exact) mass is 304 g/mol. The minimum atomic E-state index is 0.192. The fourth-order valence-corrected chi connectivity index (χ4v) is 2.58. The van der Waals surface area contributed by atoms with Gasteiger partial charge in [0.1, 0.15) is 0 Å². The van der Waals surface area contributed by atoms with Crippen LogP contribution in [0.4, 0.5) is 0 Å². The highest BCUT2D eigenvalue weighted by molar-refractivity contribution is 5.75. The van der Waals surface area contributed by atoms with E-state index in [-0.39, 0.29) is 5.91 Å². The Morgan fingerprint density at radius 2 is 1.55 bits per heavy atom. The van der Waals surface area contributed by atoms with Crippen LogP contribution in [0, 0.1) is 0 Å². The SMILES string of the molecule is CCCCCCCCCCCC(=O)NCCc1ccncc1. The molecule has 1 aromatic heterocycles. The number of aromatic nitrogens is 1. The molecule has 0 aromatic carbocycles. The highest BCUT2D eigenvalue weighted by Gasteiger charge is 2.01. The molecule has 22 heavy (non-hydrogen) atoms. The molecule has 0 spiro atoms. The second-order valence-corrected chi connectivity index (χ2v) is 6.03. The standard InChI is InChI=1S/C19H32N2O/c1-2-3-4-5-6-7-8-9-10-11-19(22)21-17-14-18-12-15-20-16-13-18/h12-13,15-16H,2-11,14,17H2,1H3,(H,21,22). The van der Waals surface area contributed by atoms with Gasteiger partial charge in [-0.3, -0.25) is 9.78 Å². The zero-order valence-electron chi connectivity index (χ0n) is 14.2. The molecule has 0 fully saturated rings. The average molecular weight is 304 g/mol. The van der Waals surface area contributed by atoms with Crippen molar-refractivity contribution in [2.24, 2.45) is 0 Å². The number of hydrogen-bond donors (Lipinski definition) is 1. The van der Waals surface area contributed by atoms with E-state index in [1.54, 1.807) is 12.4 Å². The van der Waals surface area contributed by atoms with Crippen molar-refractivity contribution in [3.8, 4) is 0 Å². The molecular formula is C19H32N2O. The van der Waals surface area contributed by atoms with E-state index in [0.29, 0.717) is 6.42 Å². The lowest BCUT2D eigenvalue weighted by molar-refractivity contribution is -0.121. The van der Waals surface area contributed by atoms with E-state index in [0.717, 1.165) is 19.4 Å². The molecule has 0 radical (unpaired) electrons. The highest BCUT2D eigenvalue weighted by atomic mass is 16.1. The first kappa shape index (κ1) is 18.7. The number of rotatable bonds is 13. The summed E-state index contributed by atoms with van der Waals surface area (Å²) < 4.78 is 0. The third kappa shape index (κ3) is 10.4. The number of pyridine rings is 1. The van der Waals surface area contributed by atoms with Crippen LogP contribution in [0.15, 0.2) is 24.5 Å². The van der Waals surface area contributed by atoms with Crippen LogP contribution in [-0.4, -0.2) is 17.4 Å². The lowest BCUT2D eigenvalue weighted by Gasteiger charge is -2.05. The summed E-state index contributed by atoms with van der Waals surface area (Å²) >= 11 is 0. The lowest BCUT2D eigenvalue weighted by Crippen LogP contribution is -2.25. The van der Waals surface area contributed by atoms with Gasteiger partial charge in [-0.2, -0.15) is 0 Å². The highest BCUT2D eigenvalue weighted by Crippen LogP contribution is 2.10. The van der Waals surface area contributed by atoms with Crippen LogP contribution in [-0.2, 0) is 11.2 Å². The molecule has 0 unspecified atom stereocenters. The summed E-state index contributed by atoms with van der Waals surface area (Å²) in [4.78, 5) is 15.7. The lowest BCUT2D eigenvalue weighted by atomic mass is 10.1. The predicted octanol–water partition coefficient (Wildman–Crippen LogP) is 4.66. The second-order valence-electron chi connectivity index (χ2n) is 6.03. The molecule has 0 aliphatic heterocycles. The Balaban J connectivity index is 1.87. The Morgan fingerprint density at radius 1 is 0.955 bits per heavy atom. The fraction of sp³-hybridized carbons (Fsp3) is 0.684. The smallest absolute Gasteiger partial charge is 0.220 e. The van der Waals surface area contributed by atoms with Gasteiger partial charge in [-0.15, -0.1) is 0 Å². The molecule has 0 saturated carbocycles. The summed E-state index contributed by atoms with van der Waals surface area (Å²) in [5.41, 5.74) is 1.22. The van der Waals surface area contributed by atoms with Gasteiger partial charge < -0.3 is 5.32 Å². The van der Waals surface area contributed by atoms with Gasteiger partial charge in [0.2, 0.25) is 5.91 Å². The first-order valence-electron chi connectivity index (χ1n) is 8.98. The molecule has 0 saturated heterocycles. The number of hydrogen-bond acceptors (Lipinski definition) is 2. The minimum absolute atomic E-state index is 0.192. The molecule has 1 N–H and O–H groups in total. The summed E-state index contributed by atoms with van der Waals surface area (Å²) in [5.74, 6) is 0.192. The number of carbonyl (C=O) groups is 1. The zero-order valence-corrected chi connectivity index (χ0v) is 14.2. The summed E-state index contributed by atoms with van der Waals surface area (Å²) in [5, 5.41) is 3.00. The maximum atomic E-state index is 11.7. The average Bonchev–Trinajstić information content (AvgIpc) is 2.54. The van der Waals surface area contributed by atoms with Crippen LogP contribution in [0.5, 0.6) is 0 Å². The molecule has 0 aliphatic rings. The van der Waals surface area contributed by atoms with E-state index < -0.39 is 0 Å². The molecule has 1 rings (SSSR count). The van der Waals surface area contributed by atoms with Gasteiger partial charge in [0.05, 0.1) is 0 Å². The van der Waals surface area contributed by atoms with Crippen molar-refractivity contribution in [1.29, 1.82) is 0 Å². The molecule has 0 atom stereocenters. The van der Waals surface area contributed by atoms with Crippen molar-refractivity contribution in [2.75, 3.05) is 6.54 Å². The van der Waals surface area contributed by atoms with Crippen molar-refractivity contribution >= 4 is 5.91 Å². The largest absolute Gasteiger partial charge is 0.356 e. The van der Waals surface area contributed by atoms with Gasteiger partial charge in [0, 0.05) is 25.4 Å². The van der Waals surface area contributed by atoms with Crippen LogP contribution in [0.1, 0.15) is 76.7 Å². The summed E-state index contributed by atoms with van der Waals surface area (Å²) in [7, 11) is 0. The van der Waals surface area contributed by atoms with Gasteiger partial charge in [-0.05, 0) is 30.5 Å². The molecule has 0 aliphatic carbocycles. The molecule has 124 valence electrons. The molecule has 0 bridgehead atoms. The number of amides is 1. The third-order valence-electron chi connectivity index (χ3n) is 3.99. The Morgan fingerprint density at radius 3 is 2.18 bits per heavy atom. The molecule has 1 aromatic rings. The van der Waals surface area contributed by atoms with Gasteiger partial charge in [-0.25, -0.2) is 0 Å². The Hall–Kier alpha value is -1.38. The summed E-state index contributed by atoms with van der Waals surface area (Å²) in [6, 6.07) is 3.99. The van der Waals surface area contributed by atoms with E-state index in [2.05, 4.69) is 17.2 Å². The number of carbonyl (C=O) groups excluding carboxylic acids is 1. The predicted molar refractivity (Wildman–Crippen MR) is 92.8 cm³/mol. The van der Waals surface area contributed by atoms with Crippen LogP contribution in [0.25, 0.3) is 0 Å². The second kappa shape index (κ2) is 13.3. The van der Waals surface area contributed by atoms with Crippen LogP contribution < -0.4 is 5.32 Å². The van der Waals surface area contributed by atoms with Crippen molar-refractivity contribution in [2.45, 2.75) is 77.6 Å². The van der Waals surface area contributed by atoms with Crippen molar-refractivity contribution in [1.82, 2.24) is 10.3 Å². The first-order chi connectivity index (χ1) is 10.8. The van der Waals surface area contributed by atoms with Gasteiger partial charge in [0.15, 0.2) is 0 Å². The first-order valence-corrected chi connectivity index (χ1v) is 8.98. The minimum Gasteiger partial charge on any atom is -0.356 e. The van der Waals surface area contributed by atoms with E-state index in [4.69, 9.17) is 0 Å². The zero-order chi connectivity index (χ0) is 15.9. The van der Waals surface area contributed by atoms with Crippen molar-refractivity contribution in [3.63, 3.8) is 0 Å². The van der Waals surface area contributed by atoms with Crippen molar-refractivity contribution in [3.05, 3.63) is 30.1 Å². The molecule has 3 heteroatoms. The van der Waals surface area contributed by atoms with Crippen LogP contribution in [0.2, 0.25) is 0 Å². The molecule has 1 heterocycles. The van der Waals surface area contributed by atoms with Gasteiger partial charge in [0.25, 0.3) is 0 Å². The maximum absolute atomic E-state index is 11.7. The summed E-state index contributed by atoms with van der Waals surface area (Å²) in [6.07, 6.45) is 16.8. The third-order valence-corrected chi connectivity index (χ3v) is 3.99. The van der Waals surface area contributed by atoms with E-state index in [1.165, 1.54) is 56.9 Å². The van der Waals surface area contributed by atoms with Gasteiger partial charge >= 0.3 is 0 Å². The summed E-state index contributed by atoms with van der Waals surface area (Å²) in [6.45, 7) is 2.97. The topological polar surface area (TPSA) is 42.0 Å². The molecule has 3 nitrogen and oxygen atoms in total.